The molecule has 2 rings (SSSR count). The van der Waals surface area contributed by atoms with Crippen molar-refractivity contribution in [1.29, 1.82) is 0 Å². The molecule has 1 heterocycles. The summed E-state index contributed by atoms with van der Waals surface area (Å²) in [7, 11) is 0. The Bertz CT molecular complexity index is 469. The summed E-state index contributed by atoms with van der Waals surface area (Å²) in [5, 5.41) is 3.92. The van der Waals surface area contributed by atoms with Crippen molar-refractivity contribution in [3.8, 4) is 5.75 Å². The first-order valence-corrected chi connectivity index (χ1v) is 8.12. The van der Waals surface area contributed by atoms with E-state index in [-0.39, 0.29) is 18.2 Å². The van der Waals surface area contributed by atoms with E-state index in [2.05, 4.69) is 21.9 Å². The van der Waals surface area contributed by atoms with E-state index in [1.165, 1.54) is 6.07 Å². The molecule has 0 bridgehead atoms. The molecule has 1 saturated heterocycles. The van der Waals surface area contributed by atoms with E-state index in [0.717, 1.165) is 44.6 Å². The first-order chi connectivity index (χ1) is 10.6. The lowest BCUT2D eigenvalue weighted by atomic mass is 9.96. The zero-order valence-electron chi connectivity index (χ0n) is 13.2. The van der Waals surface area contributed by atoms with Crippen LogP contribution in [0.2, 0.25) is 5.02 Å². The number of hydrogen-bond acceptors (Lipinski definition) is 3. The second kappa shape index (κ2) is 10.3. The fourth-order valence-corrected chi connectivity index (χ4v) is 3.02. The molecule has 0 atom stereocenters. The van der Waals surface area contributed by atoms with Gasteiger partial charge in [-0.25, -0.2) is 0 Å². The molecule has 0 saturated carbocycles. The molecule has 1 aliphatic heterocycles. The number of nitrogens with one attached hydrogen (secondary N) is 1. The van der Waals surface area contributed by atoms with E-state index in [0.29, 0.717) is 17.5 Å². The average molecular weight is 369 g/mol. The summed E-state index contributed by atoms with van der Waals surface area (Å²) in [4.78, 5) is 2.27. The molecule has 0 radical (unpaired) electrons. The Hall–Kier alpha value is -0.620. The molecule has 23 heavy (non-hydrogen) atoms. The molecule has 0 aromatic heterocycles. The molecule has 7 heteroatoms. The van der Waals surface area contributed by atoms with Crippen LogP contribution in [-0.2, 0) is 6.54 Å². The fourth-order valence-electron chi connectivity index (χ4n) is 2.82. The molecule has 0 unspecified atom stereocenters. The first-order valence-electron chi connectivity index (χ1n) is 7.74. The van der Waals surface area contributed by atoms with Crippen molar-refractivity contribution in [2.75, 3.05) is 26.2 Å². The van der Waals surface area contributed by atoms with Crippen LogP contribution in [-0.4, -0.2) is 37.7 Å². The van der Waals surface area contributed by atoms with Crippen LogP contribution in [0, 0.1) is 5.92 Å². The average Bonchev–Trinajstić information content (AvgIpc) is 2.49. The van der Waals surface area contributed by atoms with E-state index >= 15 is 0 Å². The zero-order valence-corrected chi connectivity index (χ0v) is 14.8. The summed E-state index contributed by atoms with van der Waals surface area (Å²) in [6.07, 6.45) is 2.25. The maximum Gasteiger partial charge on any atom is 0.387 e. The summed E-state index contributed by atoms with van der Waals surface area (Å²) < 4.78 is 29.5. The lowest BCUT2D eigenvalue weighted by Gasteiger charge is -2.32. The smallest absolute Gasteiger partial charge is 0.387 e. The second-order valence-corrected chi connectivity index (χ2v) is 6.09. The molecule has 1 N–H and O–H groups in total. The maximum atomic E-state index is 12.5. The number of benzene rings is 1. The molecule has 0 aliphatic carbocycles. The van der Waals surface area contributed by atoms with E-state index in [1.54, 1.807) is 12.1 Å². The minimum atomic E-state index is -2.81. The predicted octanol–water partition coefficient (Wildman–Crippen LogP) is 4.18. The molecule has 1 fully saturated rings. The normalized spacial score (nSPS) is 16.4. The lowest BCUT2D eigenvalue weighted by molar-refractivity contribution is -0.0508. The second-order valence-electron chi connectivity index (χ2n) is 5.66. The third kappa shape index (κ3) is 6.79. The van der Waals surface area contributed by atoms with Gasteiger partial charge in [0.25, 0.3) is 0 Å². The Morgan fingerprint density at radius 1 is 1.35 bits per heavy atom. The highest BCUT2D eigenvalue weighted by molar-refractivity contribution is 6.30. The van der Waals surface area contributed by atoms with E-state index in [4.69, 9.17) is 11.6 Å². The van der Waals surface area contributed by atoms with Crippen LogP contribution in [0.5, 0.6) is 5.75 Å². The van der Waals surface area contributed by atoms with Crippen LogP contribution in [0.3, 0.4) is 0 Å². The van der Waals surface area contributed by atoms with Gasteiger partial charge in [-0.2, -0.15) is 8.78 Å². The molecule has 3 nitrogen and oxygen atoms in total. The largest absolute Gasteiger partial charge is 0.434 e. The quantitative estimate of drug-likeness (QED) is 0.780. The summed E-state index contributed by atoms with van der Waals surface area (Å²) in [5.74, 6) is 0.918. The third-order valence-corrected chi connectivity index (χ3v) is 4.26. The maximum absolute atomic E-state index is 12.5. The molecule has 1 aliphatic rings. The highest BCUT2D eigenvalue weighted by Gasteiger charge is 2.20. The topological polar surface area (TPSA) is 24.5 Å². The van der Waals surface area contributed by atoms with Crippen LogP contribution in [0.25, 0.3) is 0 Å². The van der Waals surface area contributed by atoms with Crippen LogP contribution < -0.4 is 10.1 Å². The molecule has 1 aromatic rings. The highest BCUT2D eigenvalue weighted by Crippen LogP contribution is 2.27. The molecule has 1 aromatic carbocycles. The van der Waals surface area contributed by atoms with Crippen molar-refractivity contribution in [3.05, 3.63) is 28.8 Å². The number of halogens is 4. The number of alkyl halides is 2. The number of piperidine rings is 1. The van der Waals surface area contributed by atoms with E-state index in [9.17, 15) is 8.78 Å². The van der Waals surface area contributed by atoms with Crippen molar-refractivity contribution in [2.24, 2.45) is 5.92 Å². The van der Waals surface area contributed by atoms with Gasteiger partial charge in [0.1, 0.15) is 5.75 Å². The Morgan fingerprint density at radius 2 is 2.04 bits per heavy atom. The van der Waals surface area contributed by atoms with Crippen molar-refractivity contribution in [3.63, 3.8) is 0 Å². The van der Waals surface area contributed by atoms with Crippen molar-refractivity contribution in [2.45, 2.75) is 32.9 Å². The first kappa shape index (κ1) is 20.4. The number of ether oxygens (including phenoxy) is 1. The van der Waals surface area contributed by atoms with Gasteiger partial charge in [0.15, 0.2) is 0 Å². The minimum absolute atomic E-state index is 0. The van der Waals surface area contributed by atoms with Gasteiger partial charge < -0.3 is 10.1 Å². The Kier molecular flexibility index (Phi) is 9.14. The summed E-state index contributed by atoms with van der Waals surface area (Å²) >= 11 is 5.98. The zero-order chi connectivity index (χ0) is 15.9. The molecular formula is C16H24Cl2F2N2O. The van der Waals surface area contributed by atoms with Gasteiger partial charge in [-0.1, -0.05) is 18.5 Å². The molecule has 0 amide bonds. The van der Waals surface area contributed by atoms with Crippen molar-refractivity contribution in [1.82, 2.24) is 10.2 Å². The Morgan fingerprint density at radius 3 is 2.65 bits per heavy atom. The summed E-state index contributed by atoms with van der Waals surface area (Å²) in [6.45, 7) is 3.88. The molecule has 132 valence electrons. The standard InChI is InChI=1S/C16H23ClF2N2O.ClH/c1-2-20-10-12-5-7-21(8-6-12)11-13-9-14(17)3-4-15(13)22-16(18)19;/h3-4,9,12,16,20H,2,5-8,10-11H2,1H3;1H. The van der Waals surface area contributed by atoms with Gasteiger partial charge in [0.05, 0.1) is 0 Å². The van der Waals surface area contributed by atoms with E-state index < -0.39 is 6.61 Å². The molecule has 0 spiro atoms. The van der Waals surface area contributed by atoms with Crippen LogP contribution in [0.1, 0.15) is 25.3 Å². The van der Waals surface area contributed by atoms with Crippen molar-refractivity contribution < 1.29 is 13.5 Å². The molecular weight excluding hydrogens is 345 g/mol. The van der Waals surface area contributed by atoms with Gasteiger partial charge in [-0.3, -0.25) is 4.90 Å². The van der Waals surface area contributed by atoms with Crippen molar-refractivity contribution >= 4 is 24.0 Å². The van der Waals surface area contributed by atoms with Crippen LogP contribution >= 0.6 is 24.0 Å². The predicted molar refractivity (Wildman–Crippen MR) is 91.9 cm³/mol. The van der Waals surface area contributed by atoms with Gasteiger partial charge >= 0.3 is 6.61 Å². The van der Waals surface area contributed by atoms with E-state index in [1.807, 2.05) is 0 Å². The Balaban J connectivity index is 0.00000264. The van der Waals surface area contributed by atoms with Gasteiger partial charge in [-0.05, 0) is 63.1 Å². The van der Waals surface area contributed by atoms with Crippen LogP contribution in [0.4, 0.5) is 8.78 Å². The fraction of sp³-hybridized carbons (Fsp3) is 0.625. The minimum Gasteiger partial charge on any atom is -0.434 e. The number of hydrogen-bond donors (Lipinski definition) is 1. The lowest BCUT2D eigenvalue weighted by Crippen LogP contribution is -2.37. The third-order valence-electron chi connectivity index (χ3n) is 4.02. The number of likely N-dealkylation sites (tertiary alicyclic amines) is 1. The summed E-state index contributed by atoms with van der Waals surface area (Å²) in [6, 6.07) is 4.80. The monoisotopic (exact) mass is 368 g/mol. The number of nitrogens with zero attached hydrogens (tertiary/aromatic N) is 1. The van der Waals surface area contributed by atoms with Crippen LogP contribution in [0.15, 0.2) is 18.2 Å². The van der Waals surface area contributed by atoms with Gasteiger partial charge in [0, 0.05) is 17.1 Å². The number of rotatable bonds is 7. The Labute approximate surface area is 147 Å². The van der Waals surface area contributed by atoms with Gasteiger partial charge in [0.2, 0.25) is 0 Å². The van der Waals surface area contributed by atoms with Gasteiger partial charge in [-0.15, -0.1) is 12.4 Å². The highest BCUT2D eigenvalue weighted by atomic mass is 35.5. The summed E-state index contributed by atoms with van der Waals surface area (Å²) in [5.41, 5.74) is 0.720. The SMILES string of the molecule is CCNCC1CCN(Cc2cc(Cl)ccc2OC(F)F)CC1.Cl.